The smallest absolute Gasteiger partial charge is 0.407 e. The van der Waals surface area contributed by atoms with Crippen molar-refractivity contribution in [3.63, 3.8) is 0 Å². The first-order chi connectivity index (χ1) is 10.9. The number of ether oxygens (including phenoxy) is 2. The number of hydrogen-bond donors (Lipinski definition) is 1. The Morgan fingerprint density at radius 3 is 2.39 bits per heavy atom. The molecule has 0 spiro atoms. The zero-order chi connectivity index (χ0) is 16.7. The number of amides is 1. The van der Waals surface area contributed by atoms with E-state index in [9.17, 15) is 4.79 Å². The summed E-state index contributed by atoms with van der Waals surface area (Å²) in [5, 5.41) is 2.74. The molecule has 0 bridgehead atoms. The monoisotopic (exact) mass is 313 g/mol. The van der Waals surface area contributed by atoms with Crippen LogP contribution in [0.1, 0.15) is 31.9 Å². The second-order valence-corrected chi connectivity index (χ2v) is 6.28. The van der Waals surface area contributed by atoms with E-state index >= 15 is 0 Å². The van der Waals surface area contributed by atoms with Gasteiger partial charge in [0.25, 0.3) is 0 Å². The average Bonchev–Trinajstić information content (AvgIpc) is 2.51. The third-order valence-electron chi connectivity index (χ3n) is 2.98. The van der Waals surface area contributed by atoms with Gasteiger partial charge in [-0.25, -0.2) is 4.79 Å². The number of carbonyl (C=O) groups is 1. The molecule has 0 saturated heterocycles. The predicted octanol–water partition coefficient (Wildman–Crippen LogP) is 4.29. The molecule has 122 valence electrons. The number of nitrogens with one attached hydrogen (secondary N) is 1. The third kappa shape index (κ3) is 6.43. The summed E-state index contributed by atoms with van der Waals surface area (Å²) in [5.41, 5.74) is 1.58. The highest BCUT2D eigenvalue weighted by Gasteiger charge is 2.15. The first kappa shape index (κ1) is 16.9. The zero-order valence-corrected chi connectivity index (χ0v) is 13.8. The van der Waals surface area contributed by atoms with Crippen LogP contribution in [0.2, 0.25) is 0 Å². The molecule has 2 rings (SSSR count). The van der Waals surface area contributed by atoms with Gasteiger partial charge in [0.05, 0.1) is 0 Å². The van der Waals surface area contributed by atoms with Crippen molar-refractivity contribution in [2.75, 3.05) is 0 Å². The number of carbonyl (C=O) groups excluding carboxylic acids is 1. The van der Waals surface area contributed by atoms with Gasteiger partial charge in [-0.05, 0) is 44.0 Å². The Morgan fingerprint density at radius 2 is 1.70 bits per heavy atom. The van der Waals surface area contributed by atoms with Gasteiger partial charge in [-0.3, -0.25) is 0 Å². The highest BCUT2D eigenvalue weighted by Crippen LogP contribution is 2.15. The lowest BCUT2D eigenvalue weighted by Crippen LogP contribution is -2.32. The van der Waals surface area contributed by atoms with Gasteiger partial charge in [0.15, 0.2) is 0 Å². The topological polar surface area (TPSA) is 47.6 Å². The van der Waals surface area contributed by atoms with Crippen molar-refractivity contribution in [2.24, 2.45) is 0 Å². The minimum Gasteiger partial charge on any atom is -0.489 e. The maximum Gasteiger partial charge on any atom is 0.407 e. The van der Waals surface area contributed by atoms with Gasteiger partial charge in [-0.2, -0.15) is 0 Å². The summed E-state index contributed by atoms with van der Waals surface area (Å²) < 4.78 is 11.0. The zero-order valence-electron chi connectivity index (χ0n) is 13.8. The van der Waals surface area contributed by atoms with Crippen LogP contribution in [0.15, 0.2) is 54.6 Å². The summed E-state index contributed by atoms with van der Waals surface area (Å²) in [5.74, 6) is 0.775. The molecule has 23 heavy (non-hydrogen) atoms. The first-order valence-corrected chi connectivity index (χ1v) is 7.65. The van der Waals surface area contributed by atoms with Crippen molar-refractivity contribution in [1.82, 2.24) is 5.32 Å². The molecule has 0 aliphatic heterocycles. The van der Waals surface area contributed by atoms with Gasteiger partial charge in [0, 0.05) is 6.54 Å². The Hall–Kier alpha value is -2.49. The molecule has 0 saturated carbocycles. The molecule has 0 radical (unpaired) electrons. The predicted molar refractivity (Wildman–Crippen MR) is 90.3 cm³/mol. The number of rotatable bonds is 5. The van der Waals surface area contributed by atoms with Crippen LogP contribution in [0.5, 0.6) is 5.75 Å². The molecule has 0 heterocycles. The van der Waals surface area contributed by atoms with Gasteiger partial charge in [-0.1, -0.05) is 42.5 Å². The Morgan fingerprint density at radius 1 is 1.00 bits per heavy atom. The number of hydrogen-bond acceptors (Lipinski definition) is 3. The van der Waals surface area contributed by atoms with Crippen LogP contribution in [-0.2, 0) is 17.9 Å². The Labute approximate surface area is 137 Å². The minimum absolute atomic E-state index is 0.400. The maximum atomic E-state index is 11.7. The summed E-state index contributed by atoms with van der Waals surface area (Å²) >= 11 is 0. The molecule has 2 aromatic rings. The molecule has 0 atom stereocenters. The van der Waals surface area contributed by atoms with Gasteiger partial charge < -0.3 is 14.8 Å². The number of alkyl carbamates (subject to hydrolysis) is 1. The fourth-order valence-electron chi connectivity index (χ4n) is 1.97. The molecule has 0 aromatic heterocycles. The lowest BCUT2D eigenvalue weighted by atomic mass is 10.2. The van der Waals surface area contributed by atoms with Crippen molar-refractivity contribution >= 4 is 6.09 Å². The van der Waals surface area contributed by atoms with E-state index in [0.29, 0.717) is 13.2 Å². The molecule has 0 fully saturated rings. The number of benzene rings is 2. The van der Waals surface area contributed by atoms with E-state index in [2.05, 4.69) is 5.32 Å². The molecule has 0 aliphatic rings. The van der Waals surface area contributed by atoms with E-state index in [4.69, 9.17) is 9.47 Å². The molecule has 4 heteroatoms. The lowest BCUT2D eigenvalue weighted by Gasteiger charge is -2.19. The normalized spacial score (nSPS) is 10.9. The van der Waals surface area contributed by atoms with E-state index in [-0.39, 0.29) is 0 Å². The highest BCUT2D eigenvalue weighted by molar-refractivity contribution is 5.67. The fourth-order valence-corrected chi connectivity index (χ4v) is 1.97. The van der Waals surface area contributed by atoms with Crippen molar-refractivity contribution in [3.8, 4) is 5.75 Å². The minimum atomic E-state index is -0.495. The summed E-state index contributed by atoms with van der Waals surface area (Å²) in [6.45, 7) is 6.43. The second kappa shape index (κ2) is 7.68. The summed E-state index contributed by atoms with van der Waals surface area (Å²) in [4.78, 5) is 11.7. The first-order valence-electron chi connectivity index (χ1n) is 7.65. The fraction of sp³-hybridized carbons (Fsp3) is 0.316. The molecular weight excluding hydrogens is 290 g/mol. The highest BCUT2D eigenvalue weighted by atomic mass is 16.6. The van der Waals surface area contributed by atoms with Crippen LogP contribution < -0.4 is 10.1 Å². The van der Waals surface area contributed by atoms with Gasteiger partial charge in [-0.15, -0.1) is 0 Å². The van der Waals surface area contributed by atoms with E-state index in [1.54, 1.807) is 0 Å². The Bertz CT molecular complexity index is 633. The van der Waals surface area contributed by atoms with Crippen LogP contribution in [0.25, 0.3) is 0 Å². The van der Waals surface area contributed by atoms with Gasteiger partial charge >= 0.3 is 6.09 Å². The van der Waals surface area contributed by atoms with Gasteiger partial charge in [0.2, 0.25) is 0 Å². The lowest BCUT2D eigenvalue weighted by molar-refractivity contribution is 0.0523. The molecule has 4 nitrogen and oxygen atoms in total. The summed E-state index contributed by atoms with van der Waals surface area (Å²) in [6, 6.07) is 17.7. The van der Waals surface area contributed by atoms with Crippen LogP contribution in [0.4, 0.5) is 4.79 Å². The molecular formula is C19H23NO3. The second-order valence-electron chi connectivity index (χ2n) is 6.28. The van der Waals surface area contributed by atoms with E-state index in [0.717, 1.165) is 16.9 Å². The average molecular weight is 313 g/mol. The van der Waals surface area contributed by atoms with Crippen molar-refractivity contribution in [3.05, 3.63) is 65.7 Å². The van der Waals surface area contributed by atoms with Gasteiger partial charge in [0.1, 0.15) is 18.0 Å². The summed E-state index contributed by atoms with van der Waals surface area (Å²) in [7, 11) is 0. The third-order valence-corrected chi connectivity index (χ3v) is 2.98. The Balaban J connectivity index is 1.86. The molecule has 0 aliphatic carbocycles. The standard InChI is InChI=1S/C19H23NO3/c1-19(2,3)23-18(21)20-13-16-10-7-11-17(12-16)22-14-15-8-5-4-6-9-15/h4-12H,13-14H2,1-3H3,(H,20,21). The quantitative estimate of drug-likeness (QED) is 0.895. The van der Waals surface area contributed by atoms with Crippen molar-refractivity contribution < 1.29 is 14.3 Å². The van der Waals surface area contributed by atoms with E-state index in [1.807, 2.05) is 75.4 Å². The van der Waals surface area contributed by atoms with Crippen molar-refractivity contribution in [1.29, 1.82) is 0 Å². The maximum absolute atomic E-state index is 11.7. The van der Waals surface area contributed by atoms with Crippen LogP contribution in [-0.4, -0.2) is 11.7 Å². The van der Waals surface area contributed by atoms with Crippen LogP contribution in [0, 0.1) is 0 Å². The largest absolute Gasteiger partial charge is 0.489 e. The van der Waals surface area contributed by atoms with E-state index in [1.165, 1.54) is 0 Å². The summed E-state index contributed by atoms with van der Waals surface area (Å²) in [6.07, 6.45) is -0.423. The molecule has 0 unspecified atom stereocenters. The SMILES string of the molecule is CC(C)(C)OC(=O)NCc1cccc(OCc2ccccc2)c1. The van der Waals surface area contributed by atoms with Crippen LogP contribution in [0.3, 0.4) is 0 Å². The molecule has 1 amide bonds. The molecule has 2 aromatic carbocycles. The van der Waals surface area contributed by atoms with Crippen molar-refractivity contribution in [2.45, 2.75) is 39.5 Å². The Kier molecular flexibility index (Phi) is 5.63. The molecule has 1 N–H and O–H groups in total. The van der Waals surface area contributed by atoms with Crippen LogP contribution >= 0.6 is 0 Å². The van der Waals surface area contributed by atoms with E-state index < -0.39 is 11.7 Å².